The quantitative estimate of drug-likeness (QED) is 0.545. The first-order valence-corrected chi connectivity index (χ1v) is 9.44. The maximum absolute atomic E-state index is 10.1. The summed E-state index contributed by atoms with van der Waals surface area (Å²) in [7, 11) is 0. The summed E-state index contributed by atoms with van der Waals surface area (Å²) >= 11 is 0. The van der Waals surface area contributed by atoms with Crippen molar-refractivity contribution in [2.45, 2.75) is 32.7 Å². The van der Waals surface area contributed by atoms with Gasteiger partial charge >= 0.3 is 0 Å². The van der Waals surface area contributed by atoms with Crippen LogP contribution < -0.4 is 10.5 Å². The van der Waals surface area contributed by atoms with Crippen LogP contribution in [0.2, 0.25) is 0 Å². The third-order valence-electron chi connectivity index (χ3n) is 5.21. The molecule has 3 heterocycles. The summed E-state index contributed by atoms with van der Waals surface area (Å²) in [6, 6.07) is 5.78. The average molecular weight is 388 g/mol. The molecule has 1 aliphatic carbocycles. The van der Waals surface area contributed by atoms with Crippen LogP contribution in [0.15, 0.2) is 36.9 Å². The van der Waals surface area contributed by atoms with Crippen molar-refractivity contribution in [2.24, 2.45) is 0 Å². The molecule has 1 fully saturated rings. The zero-order chi connectivity index (χ0) is 20.1. The first-order chi connectivity index (χ1) is 14.0. The molecular formula is C21H20N6O2. The maximum atomic E-state index is 10.1. The minimum atomic E-state index is 0.154. The zero-order valence-corrected chi connectivity index (χ0v) is 16.1. The van der Waals surface area contributed by atoms with Crippen LogP contribution in [-0.4, -0.2) is 29.8 Å². The minimum Gasteiger partial charge on any atom is -0.508 e. The van der Waals surface area contributed by atoms with Gasteiger partial charge in [0, 0.05) is 17.3 Å². The lowest BCUT2D eigenvalue weighted by Crippen LogP contribution is -2.00. The van der Waals surface area contributed by atoms with Crippen molar-refractivity contribution in [3.63, 3.8) is 0 Å². The van der Waals surface area contributed by atoms with Gasteiger partial charge in [-0.15, -0.1) is 0 Å². The van der Waals surface area contributed by atoms with Gasteiger partial charge in [0.15, 0.2) is 0 Å². The fourth-order valence-electron chi connectivity index (χ4n) is 3.37. The first kappa shape index (κ1) is 17.4. The van der Waals surface area contributed by atoms with E-state index in [1.165, 1.54) is 6.33 Å². The Bertz CT molecular complexity index is 1250. The SMILES string of the molecule is Cc1ccc(O)c(C)c1Oc1nc(-c2cnn(C3CC3)c2)cc2ncnc(N)c12. The normalized spacial score (nSPS) is 13.7. The fraction of sp³-hybridized carbons (Fsp3) is 0.238. The number of benzene rings is 1. The topological polar surface area (TPSA) is 112 Å². The smallest absolute Gasteiger partial charge is 0.233 e. The molecule has 3 aromatic heterocycles. The van der Waals surface area contributed by atoms with Crippen molar-refractivity contribution in [1.29, 1.82) is 0 Å². The van der Waals surface area contributed by atoms with Crippen LogP contribution in [0.3, 0.4) is 0 Å². The summed E-state index contributed by atoms with van der Waals surface area (Å²) < 4.78 is 8.16. The molecule has 1 aromatic carbocycles. The van der Waals surface area contributed by atoms with Crippen molar-refractivity contribution in [2.75, 3.05) is 5.73 Å². The molecule has 146 valence electrons. The van der Waals surface area contributed by atoms with Crippen LogP contribution in [0, 0.1) is 13.8 Å². The van der Waals surface area contributed by atoms with E-state index in [1.807, 2.05) is 23.9 Å². The van der Waals surface area contributed by atoms with E-state index in [9.17, 15) is 5.11 Å². The van der Waals surface area contributed by atoms with Gasteiger partial charge in [0.2, 0.25) is 5.88 Å². The summed E-state index contributed by atoms with van der Waals surface area (Å²) in [5.74, 6) is 1.27. The molecule has 29 heavy (non-hydrogen) atoms. The highest BCUT2D eigenvalue weighted by Gasteiger charge is 2.25. The number of phenols is 1. The zero-order valence-electron chi connectivity index (χ0n) is 16.1. The molecule has 1 aliphatic rings. The van der Waals surface area contributed by atoms with Gasteiger partial charge < -0.3 is 15.6 Å². The van der Waals surface area contributed by atoms with Crippen LogP contribution in [0.4, 0.5) is 5.82 Å². The largest absolute Gasteiger partial charge is 0.508 e. The van der Waals surface area contributed by atoms with E-state index in [0.29, 0.717) is 39.8 Å². The fourth-order valence-corrected chi connectivity index (χ4v) is 3.37. The lowest BCUT2D eigenvalue weighted by molar-refractivity contribution is 0.440. The highest BCUT2D eigenvalue weighted by atomic mass is 16.5. The second kappa shape index (κ2) is 6.44. The molecule has 0 unspecified atom stereocenters. The Hall–Kier alpha value is -3.68. The van der Waals surface area contributed by atoms with Gasteiger partial charge in [0.05, 0.1) is 23.4 Å². The summed E-state index contributed by atoms with van der Waals surface area (Å²) in [5, 5.41) is 15.1. The summed E-state index contributed by atoms with van der Waals surface area (Å²) in [6.45, 7) is 3.70. The molecule has 8 nitrogen and oxygen atoms in total. The molecule has 0 aliphatic heterocycles. The van der Waals surface area contributed by atoms with Gasteiger partial charge in [0.25, 0.3) is 0 Å². The average Bonchev–Trinajstić information content (AvgIpc) is 3.44. The number of aromatic nitrogens is 5. The Labute approximate surface area is 167 Å². The van der Waals surface area contributed by atoms with E-state index in [-0.39, 0.29) is 11.6 Å². The Morgan fingerprint density at radius 3 is 2.83 bits per heavy atom. The number of nitrogens with two attached hydrogens (primary N) is 1. The van der Waals surface area contributed by atoms with Crippen LogP contribution in [-0.2, 0) is 0 Å². The number of nitrogen functional groups attached to an aromatic ring is 1. The molecule has 0 bridgehead atoms. The molecule has 0 amide bonds. The monoisotopic (exact) mass is 388 g/mol. The molecule has 0 radical (unpaired) electrons. The molecule has 1 saturated carbocycles. The Balaban J connectivity index is 1.67. The number of hydrogen-bond donors (Lipinski definition) is 2. The van der Waals surface area contributed by atoms with Gasteiger partial charge in [-0.05, 0) is 44.4 Å². The van der Waals surface area contributed by atoms with Gasteiger partial charge in [0.1, 0.15) is 29.0 Å². The first-order valence-electron chi connectivity index (χ1n) is 9.44. The molecule has 5 rings (SSSR count). The van der Waals surface area contributed by atoms with Gasteiger partial charge in [-0.2, -0.15) is 5.10 Å². The predicted molar refractivity (Wildman–Crippen MR) is 109 cm³/mol. The lowest BCUT2D eigenvalue weighted by atomic mass is 10.1. The molecule has 0 saturated heterocycles. The van der Waals surface area contributed by atoms with Crippen LogP contribution in [0.25, 0.3) is 22.2 Å². The van der Waals surface area contributed by atoms with E-state index in [4.69, 9.17) is 15.5 Å². The standard InChI is InChI=1S/C21H20N6O2/c1-11-3-6-17(28)12(2)19(11)29-21-18-16(23-10-24-20(18)22)7-15(26-21)13-8-25-27(9-13)14-4-5-14/h3,6-10,14,28H,4-5H2,1-2H3,(H2,22,23,24). The number of hydrogen-bond acceptors (Lipinski definition) is 7. The number of anilines is 1. The van der Waals surface area contributed by atoms with Crippen molar-refractivity contribution in [3.8, 4) is 28.6 Å². The Kier molecular flexibility index (Phi) is 3.87. The third-order valence-corrected chi connectivity index (χ3v) is 5.21. The summed E-state index contributed by atoms with van der Waals surface area (Å²) in [6.07, 6.45) is 7.52. The van der Waals surface area contributed by atoms with Crippen LogP contribution in [0.1, 0.15) is 30.0 Å². The molecule has 8 heteroatoms. The Morgan fingerprint density at radius 1 is 1.21 bits per heavy atom. The van der Waals surface area contributed by atoms with Crippen molar-refractivity contribution < 1.29 is 9.84 Å². The van der Waals surface area contributed by atoms with E-state index in [2.05, 4.69) is 15.1 Å². The molecule has 3 N–H and O–H groups in total. The molecular weight excluding hydrogens is 368 g/mol. The number of pyridine rings is 1. The van der Waals surface area contributed by atoms with E-state index < -0.39 is 0 Å². The summed E-state index contributed by atoms with van der Waals surface area (Å²) in [4.78, 5) is 13.2. The number of ether oxygens (including phenoxy) is 1. The van der Waals surface area contributed by atoms with Crippen molar-refractivity contribution in [1.82, 2.24) is 24.7 Å². The number of aromatic hydroxyl groups is 1. The molecule has 0 atom stereocenters. The van der Waals surface area contributed by atoms with Gasteiger partial charge in [-0.1, -0.05) is 6.07 Å². The number of rotatable bonds is 4. The summed E-state index contributed by atoms with van der Waals surface area (Å²) in [5.41, 5.74) is 9.82. The lowest BCUT2D eigenvalue weighted by Gasteiger charge is -2.15. The molecule has 0 spiro atoms. The highest BCUT2D eigenvalue weighted by molar-refractivity contribution is 5.94. The minimum absolute atomic E-state index is 0.154. The number of aryl methyl sites for hydroxylation is 1. The number of fused-ring (bicyclic) bond motifs is 1. The van der Waals surface area contributed by atoms with Crippen LogP contribution >= 0.6 is 0 Å². The van der Waals surface area contributed by atoms with Crippen molar-refractivity contribution in [3.05, 3.63) is 48.0 Å². The second-order valence-electron chi connectivity index (χ2n) is 7.36. The van der Waals surface area contributed by atoms with E-state index >= 15 is 0 Å². The maximum Gasteiger partial charge on any atom is 0.233 e. The van der Waals surface area contributed by atoms with Crippen molar-refractivity contribution >= 4 is 16.7 Å². The van der Waals surface area contributed by atoms with Gasteiger partial charge in [-0.25, -0.2) is 15.0 Å². The third kappa shape index (κ3) is 3.02. The molecule has 4 aromatic rings. The van der Waals surface area contributed by atoms with Gasteiger partial charge in [-0.3, -0.25) is 4.68 Å². The highest BCUT2D eigenvalue weighted by Crippen LogP contribution is 2.39. The van der Waals surface area contributed by atoms with Crippen LogP contribution in [0.5, 0.6) is 17.4 Å². The predicted octanol–water partition coefficient (Wildman–Crippen LogP) is 3.92. The van der Waals surface area contributed by atoms with E-state index in [0.717, 1.165) is 24.0 Å². The number of phenolic OH excluding ortho intramolecular Hbond substituents is 1. The number of nitrogens with zero attached hydrogens (tertiary/aromatic N) is 5. The van der Waals surface area contributed by atoms with E-state index in [1.54, 1.807) is 25.3 Å². The Morgan fingerprint density at radius 2 is 2.03 bits per heavy atom. The second-order valence-corrected chi connectivity index (χ2v) is 7.36.